The third kappa shape index (κ3) is 3.70. The monoisotopic (exact) mass is 435 g/mol. The molecule has 2 unspecified atom stereocenters. The number of nitrogens with zero attached hydrogens (tertiary/aromatic N) is 3. The van der Waals surface area contributed by atoms with Gasteiger partial charge in [0.05, 0.1) is 23.7 Å². The maximum atomic E-state index is 12.9. The van der Waals surface area contributed by atoms with Gasteiger partial charge < -0.3 is 9.64 Å². The molecular weight excluding hydrogens is 417 g/mol. The van der Waals surface area contributed by atoms with Gasteiger partial charge in [-0.1, -0.05) is 29.3 Å². The molecule has 3 aromatic rings. The van der Waals surface area contributed by atoms with Gasteiger partial charge in [0.1, 0.15) is 11.1 Å². The Kier molecular flexibility index (Phi) is 5.47. The zero-order valence-corrected chi connectivity index (χ0v) is 17.8. The van der Waals surface area contributed by atoms with Gasteiger partial charge in [0, 0.05) is 18.1 Å². The summed E-state index contributed by atoms with van der Waals surface area (Å²) in [6.45, 7) is 5.18. The average Bonchev–Trinajstić information content (AvgIpc) is 3.20. The lowest BCUT2D eigenvalue weighted by molar-refractivity contribution is -0.0171. The zero-order valence-electron chi connectivity index (χ0n) is 15.4. The summed E-state index contributed by atoms with van der Waals surface area (Å²) in [4.78, 5) is 15.0. The Morgan fingerprint density at radius 1 is 1.25 bits per heavy atom. The van der Waals surface area contributed by atoms with Crippen LogP contribution in [0.25, 0.3) is 5.69 Å². The van der Waals surface area contributed by atoms with Crippen molar-refractivity contribution >= 4 is 40.2 Å². The van der Waals surface area contributed by atoms with Gasteiger partial charge in [-0.2, -0.15) is 21.1 Å². The second kappa shape index (κ2) is 7.87. The fourth-order valence-electron chi connectivity index (χ4n) is 3.33. The van der Waals surface area contributed by atoms with E-state index in [9.17, 15) is 4.79 Å². The lowest BCUT2D eigenvalue weighted by atomic mass is 10.1. The number of rotatable bonds is 3. The minimum atomic E-state index is -0.370. The van der Waals surface area contributed by atoms with Crippen molar-refractivity contribution < 1.29 is 4.74 Å². The van der Waals surface area contributed by atoms with Gasteiger partial charge in [0.25, 0.3) is 5.56 Å². The van der Waals surface area contributed by atoms with Crippen LogP contribution in [-0.4, -0.2) is 29.0 Å². The van der Waals surface area contributed by atoms with Crippen molar-refractivity contribution in [2.45, 2.75) is 26.1 Å². The van der Waals surface area contributed by atoms with Gasteiger partial charge in [-0.3, -0.25) is 4.79 Å². The number of aromatic nitrogens is 2. The van der Waals surface area contributed by atoms with Crippen molar-refractivity contribution in [3.8, 4) is 5.69 Å². The molecule has 0 bridgehead atoms. The fraction of sp³-hybridized carbons (Fsp3) is 0.300. The standard InChI is InChI=1S/C20H19Cl2N3O2S/c1-12-3-4-15(7-16(12)21)25-20(26)19(22)17(8-23-25)24-9-13(2)27-18(10-24)14-5-6-28-11-14/h3-8,11,13,18H,9-10H2,1-2H3. The summed E-state index contributed by atoms with van der Waals surface area (Å²) < 4.78 is 7.35. The van der Waals surface area contributed by atoms with Crippen molar-refractivity contribution in [3.63, 3.8) is 0 Å². The summed E-state index contributed by atoms with van der Waals surface area (Å²) in [5.74, 6) is 0. The average molecular weight is 436 g/mol. The molecule has 1 aromatic carbocycles. The van der Waals surface area contributed by atoms with Gasteiger partial charge in [0.15, 0.2) is 0 Å². The van der Waals surface area contributed by atoms with E-state index in [1.165, 1.54) is 4.68 Å². The summed E-state index contributed by atoms with van der Waals surface area (Å²) in [6, 6.07) is 7.42. The largest absolute Gasteiger partial charge is 0.367 e. The van der Waals surface area contributed by atoms with Crippen LogP contribution in [0.4, 0.5) is 5.69 Å². The highest BCUT2D eigenvalue weighted by Crippen LogP contribution is 2.32. The first-order valence-electron chi connectivity index (χ1n) is 8.91. The van der Waals surface area contributed by atoms with Crippen molar-refractivity contribution in [1.82, 2.24) is 9.78 Å². The number of halogens is 2. The number of anilines is 1. The molecule has 2 atom stereocenters. The molecule has 1 aliphatic heterocycles. The van der Waals surface area contributed by atoms with E-state index in [2.05, 4.69) is 21.4 Å². The van der Waals surface area contributed by atoms with E-state index in [1.807, 2.05) is 25.3 Å². The lowest BCUT2D eigenvalue weighted by Gasteiger charge is -2.38. The molecule has 3 heterocycles. The predicted molar refractivity (Wildman–Crippen MR) is 114 cm³/mol. The first kappa shape index (κ1) is 19.5. The number of ether oxygens (including phenoxy) is 1. The van der Waals surface area contributed by atoms with Crippen LogP contribution >= 0.6 is 34.5 Å². The van der Waals surface area contributed by atoms with Gasteiger partial charge in [-0.15, -0.1) is 0 Å². The summed E-state index contributed by atoms with van der Waals surface area (Å²) in [5, 5.41) is 9.18. The number of benzene rings is 1. The molecule has 146 valence electrons. The van der Waals surface area contributed by atoms with E-state index in [4.69, 9.17) is 27.9 Å². The van der Waals surface area contributed by atoms with Gasteiger partial charge in [-0.25, -0.2) is 0 Å². The molecule has 1 fully saturated rings. The molecule has 0 saturated carbocycles. The summed E-state index contributed by atoms with van der Waals surface area (Å²) in [7, 11) is 0. The highest BCUT2D eigenvalue weighted by atomic mass is 35.5. The molecule has 0 radical (unpaired) electrons. The third-order valence-corrected chi connectivity index (χ3v) is 6.28. The van der Waals surface area contributed by atoms with Crippen LogP contribution < -0.4 is 10.5 Å². The fourth-order valence-corrected chi connectivity index (χ4v) is 4.46. The van der Waals surface area contributed by atoms with E-state index in [0.29, 0.717) is 29.5 Å². The Labute approximate surface area is 177 Å². The molecule has 2 aromatic heterocycles. The van der Waals surface area contributed by atoms with Crippen LogP contribution in [0, 0.1) is 6.92 Å². The molecular formula is C20H19Cl2N3O2S. The Bertz CT molecular complexity index is 1050. The molecule has 1 saturated heterocycles. The van der Waals surface area contributed by atoms with Gasteiger partial charge >= 0.3 is 0 Å². The highest BCUT2D eigenvalue weighted by molar-refractivity contribution is 7.07. The molecule has 0 spiro atoms. The highest BCUT2D eigenvalue weighted by Gasteiger charge is 2.29. The zero-order chi connectivity index (χ0) is 19.8. The van der Waals surface area contributed by atoms with Crippen molar-refractivity contribution in [1.29, 1.82) is 0 Å². The van der Waals surface area contributed by atoms with Crippen LogP contribution in [0.3, 0.4) is 0 Å². The second-order valence-corrected chi connectivity index (χ2v) is 8.46. The summed E-state index contributed by atoms with van der Waals surface area (Å²) in [5.41, 5.74) is 2.90. The van der Waals surface area contributed by atoms with Crippen molar-refractivity contribution in [3.05, 3.63) is 72.7 Å². The normalized spacial score (nSPS) is 19.8. The lowest BCUT2D eigenvalue weighted by Crippen LogP contribution is -2.43. The molecule has 4 rings (SSSR count). The molecule has 28 heavy (non-hydrogen) atoms. The number of hydrogen-bond acceptors (Lipinski definition) is 5. The minimum Gasteiger partial charge on any atom is -0.367 e. The van der Waals surface area contributed by atoms with Crippen LogP contribution in [0.5, 0.6) is 0 Å². The number of hydrogen-bond donors (Lipinski definition) is 0. The quantitative estimate of drug-likeness (QED) is 0.588. The van der Waals surface area contributed by atoms with Crippen LogP contribution in [0.2, 0.25) is 10.0 Å². The smallest absolute Gasteiger partial charge is 0.292 e. The molecule has 8 heteroatoms. The van der Waals surface area contributed by atoms with Crippen LogP contribution in [0.1, 0.15) is 24.2 Å². The number of morpholine rings is 1. The predicted octanol–water partition coefficient (Wildman–Crippen LogP) is 4.88. The molecule has 0 aliphatic carbocycles. The SMILES string of the molecule is Cc1ccc(-n2ncc(N3CC(C)OC(c4ccsc4)C3)c(Cl)c2=O)cc1Cl. The third-order valence-electron chi connectivity index (χ3n) is 4.82. The summed E-state index contributed by atoms with van der Waals surface area (Å²) >= 11 is 14.3. The van der Waals surface area contributed by atoms with Crippen molar-refractivity contribution in [2.24, 2.45) is 0 Å². The van der Waals surface area contributed by atoms with Crippen LogP contribution in [-0.2, 0) is 4.74 Å². The number of thiophene rings is 1. The first-order chi connectivity index (χ1) is 13.4. The molecule has 0 amide bonds. The first-order valence-corrected chi connectivity index (χ1v) is 10.6. The Morgan fingerprint density at radius 3 is 2.79 bits per heavy atom. The summed E-state index contributed by atoms with van der Waals surface area (Å²) in [6.07, 6.45) is 1.58. The molecule has 5 nitrogen and oxygen atoms in total. The Morgan fingerprint density at radius 2 is 2.07 bits per heavy atom. The number of aryl methyl sites for hydroxylation is 1. The second-order valence-electron chi connectivity index (χ2n) is 6.89. The minimum absolute atomic E-state index is 0.00746. The van der Waals surface area contributed by atoms with Crippen molar-refractivity contribution in [2.75, 3.05) is 18.0 Å². The van der Waals surface area contributed by atoms with Gasteiger partial charge in [-0.05, 0) is 53.9 Å². The maximum absolute atomic E-state index is 12.9. The van der Waals surface area contributed by atoms with Crippen LogP contribution in [0.15, 0.2) is 46.0 Å². The van der Waals surface area contributed by atoms with E-state index in [-0.39, 0.29) is 22.8 Å². The van der Waals surface area contributed by atoms with E-state index < -0.39 is 0 Å². The maximum Gasteiger partial charge on any atom is 0.292 e. The van der Waals surface area contributed by atoms with E-state index >= 15 is 0 Å². The molecule has 0 N–H and O–H groups in total. The topological polar surface area (TPSA) is 47.4 Å². The van der Waals surface area contributed by atoms with Gasteiger partial charge in [0.2, 0.25) is 0 Å². The Hall–Kier alpha value is -1.86. The van der Waals surface area contributed by atoms with E-state index in [0.717, 1.165) is 11.1 Å². The van der Waals surface area contributed by atoms with E-state index in [1.54, 1.807) is 29.7 Å². The Balaban J connectivity index is 1.68. The molecule has 1 aliphatic rings.